The summed E-state index contributed by atoms with van der Waals surface area (Å²) in [6.07, 6.45) is 4.07. The highest BCUT2D eigenvalue weighted by Crippen LogP contribution is 2.35. The Morgan fingerprint density at radius 1 is 1.35 bits per heavy atom. The van der Waals surface area contributed by atoms with Gasteiger partial charge < -0.3 is 10.2 Å². The smallest absolute Gasteiger partial charge is 0.0400 e. The second kappa shape index (κ2) is 4.69. The molecule has 17 heavy (non-hydrogen) atoms. The lowest BCUT2D eigenvalue weighted by Crippen LogP contribution is -2.42. The van der Waals surface area contributed by atoms with Gasteiger partial charge >= 0.3 is 0 Å². The summed E-state index contributed by atoms with van der Waals surface area (Å²) in [6, 6.07) is 9.57. The fraction of sp³-hybridized carbons (Fsp3) is 0.600. The molecule has 1 N–H and O–H groups in total. The molecule has 1 aromatic carbocycles. The van der Waals surface area contributed by atoms with Crippen LogP contribution in [0.25, 0.3) is 0 Å². The zero-order valence-electron chi connectivity index (χ0n) is 10.7. The van der Waals surface area contributed by atoms with Crippen molar-refractivity contribution < 1.29 is 0 Å². The van der Waals surface area contributed by atoms with Crippen molar-refractivity contribution in [3.05, 3.63) is 29.8 Å². The first-order chi connectivity index (χ1) is 8.38. The van der Waals surface area contributed by atoms with E-state index in [9.17, 15) is 0 Å². The molecule has 2 heteroatoms. The van der Waals surface area contributed by atoms with E-state index in [2.05, 4.69) is 41.4 Å². The zero-order valence-corrected chi connectivity index (χ0v) is 10.7. The highest BCUT2D eigenvalue weighted by atomic mass is 15.2. The number of likely N-dealkylation sites (N-methyl/N-ethyl adjacent to an activating group) is 1. The van der Waals surface area contributed by atoms with Gasteiger partial charge in [-0.25, -0.2) is 0 Å². The van der Waals surface area contributed by atoms with E-state index >= 15 is 0 Å². The van der Waals surface area contributed by atoms with Crippen molar-refractivity contribution >= 4 is 5.69 Å². The number of fused-ring (bicyclic) bond motifs is 1. The van der Waals surface area contributed by atoms with Crippen LogP contribution in [0.2, 0.25) is 0 Å². The lowest BCUT2D eigenvalue weighted by molar-refractivity contribution is 0.471. The first kappa shape index (κ1) is 11.1. The highest BCUT2D eigenvalue weighted by Gasteiger charge is 2.32. The third kappa shape index (κ3) is 2.32. The summed E-state index contributed by atoms with van der Waals surface area (Å²) >= 11 is 0. The second-order valence-corrected chi connectivity index (χ2v) is 5.33. The van der Waals surface area contributed by atoms with Gasteiger partial charge in [-0.3, -0.25) is 0 Å². The van der Waals surface area contributed by atoms with E-state index in [1.807, 2.05) is 0 Å². The molecule has 1 fully saturated rings. The quantitative estimate of drug-likeness (QED) is 0.836. The molecule has 1 atom stereocenters. The molecule has 1 saturated carbocycles. The summed E-state index contributed by atoms with van der Waals surface area (Å²) in [4.78, 5) is 2.57. The SMILES string of the molecule is CCNC(CN1CCc2ccccc21)C1CC1. The Morgan fingerprint density at radius 2 is 2.18 bits per heavy atom. The maximum absolute atomic E-state index is 3.66. The average Bonchev–Trinajstić information content (AvgIpc) is 3.12. The lowest BCUT2D eigenvalue weighted by Gasteiger charge is -2.26. The van der Waals surface area contributed by atoms with Gasteiger partial charge in [0.15, 0.2) is 0 Å². The van der Waals surface area contributed by atoms with Gasteiger partial charge in [-0.2, -0.15) is 0 Å². The third-order valence-corrected chi connectivity index (χ3v) is 4.06. The minimum absolute atomic E-state index is 0.700. The summed E-state index contributed by atoms with van der Waals surface area (Å²) in [6.45, 7) is 5.70. The van der Waals surface area contributed by atoms with E-state index in [-0.39, 0.29) is 0 Å². The normalized spacial score (nSPS) is 20.4. The molecule has 1 aliphatic carbocycles. The van der Waals surface area contributed by atoms with Crippen LogP contribution >= 0.6 is 0 Å². The van der Waals surface area contributed by atoms with E-state index in [0.717, 1.165) is 12.5 Å². The van der Waals surface area contributed by atoms with Gasteiger partial charge in [0, 0.05) is 24.8 Å². The van der Waals surface area contributed by atoms with E-state index in [1.165, 1.54) is 43.6 Å². The molecule has 2 aliphatic rings. The van der Waals surface area contributed by atoms with Crippen LogP contribution in [0.15, 0.2) is 24.3 Å². The molecular weight excluding hydrogens is 208 g/mol. The Morgan fingerprint density at radius 3 is 2.94 bits per heavy atom. The molecule has 0 bridgehead atoms. The first-order valence-electron chi connectivity index (χ1n) is 6.94. The first-order valence-corrected chi connectivity index (χ1v) is 6.94. The number of nitrogens with zero attached hydrogens (tertiary/aromatic N) is 1. The third-order valence-electron chi connectivity index (χ3n) is 4.06. The molecular formula is C15H22N2. The molecule has 1 unspecified atom stereocenters. The number of anilines is 1. The Balaban J connectivity index is 1.69. The number of benzene rings is 1. The zero-order chi connectivity index (χ0) is 11.7. The number of hydrogen-bond acceptors (Lipinski definition) is 2. The molecule has 0 aromatic heterocycles. The van der Waals surface area contributed by atoms with Crippen LogP contribution in [0.5, 0.6) is 0 Å². The van der Waals surface area contributed by atoms with Crippen LogP contribution in [0.1, 0.15) is 25.3 Å². The fourth-order valence-corrected chi connectivity index (χ4v) is 2.97. The van der Waals surface area contributed by atoms with Crippen molar-refractivity contribution in [1.29, 1.82) is 0 Å². The highest BCUT2D eigenvalue weighted by molar-refractivity contribution is 5.57. The number of nitrogens with one attached hydrogen (secondary N) is 1. The number of rotatable bonds is 5. The van der Waals surface area contributed by atoms with Crippen molar-refractivity contribution in [2.75, 3.05) is 24.5 Å². The van der Waals surface area contributed by atoms with Crippen molar-refractivity contribution in [2.24, 2.45) is 5.92 Å². The van der Waals surface area contributed by atoms with Gasteiger partial charge in [0.2, 0.25) is 0 Å². The van der Waals surface area contributed by atoms with Gasteiger partial charge in [0.25, 0.3) is 0 Å². The van der Waals surface area contributed by atoms with E-state index in [1.54, 1.807) is 0 Å². The Bertz CT molecular complexity index is 384. The molecule has 3 rings (SSSR count). The predicted octanol–water partition coefficient (Wildman–Crippen LogP) is 2.44. The van der Waals surface area contributed by atoms with E-state index in [0.29, 0.717) is 6.04 Å². The van der Waals surface area contributed by atoms with Crippen LogP contribution < -0.4 is 10.2 Å². The van der Waals surface area contributed by atoms with Crippen molar-refractivity contribution in [2.45, 2.75) is 32.2 Å². The molecule has 1 aromatic rings. The molecule has 2 nitrogen and oxygen atoms in total. The average molecular weight is 230 g/mol. The van der Waals surface area contributed by atoms with Crippen molar-refractivity contribution in [3.63, 3.8) is 0 Å². The van der Waals surface area contributed by atoms with Gasteiger partial charge in [-0.05, 0) is 43.4 Å². The van der Waals surface area contributed by atoms with Crippen molar-refractivity contribution in [3.8, 4) is 0 Å². The minimum Gasteiger partial charge on any atom is -0.369 e. The van der Waals surface area contributed by atoms with Crippen molar-refractivity contribution in [1.82, 2.24) is 5.32 Å². The van der Waals surface area contributed by atoms with Crippen LogP contribution in [-0.2, 0) is 6.42 Å². The van der Waals surface area contributed by atoms with Gasteiger partial charge in [-0.15, -0.1) is 0 Å². The van der Waals surface area contributed by atoms with E-state index in [4.69, 9.17) is 0 Å². The predicted molar refractivity (Wildman–Crippen MR) is 72.5 cm³/mol. The van der Waals surface area contributed by atoms with Crippen LogP contribution in [0.3, 0.4) is 0 Å². The van der Waals surface area contributed by atoms with Crippen LogP contribution in [-0.4, -0.2) is 25.7 Å². The van der Waals surface area contributed by atoms with Gasteiger partial charge in [0.1, 0.15) is 0 Å². The largest absolute Gasteiger partial charge is 0.369 e. The van der Waals surface area contributed by atoms with Crippen LogP contribution in [0, 0.1) is 5.92 Å². The number of para-hydroxylation sites is 1. The Hall–Kier alpha value is -1.02. The summed E-state index contributed by atoms with van der Waals surface area (Å²) in [5.41, 5.74) is 2.99. The van der Waals surface area contributed by atoms with Crippen LogP contribution in [0.4, 0.5) is 5.69 Å². The lowest BCUT2D eigenvalue weighted by atomic mass is 10.1. The van der Waals surface area contributed by atoms with Gasteiger partial charge in [0.05, 0.1) is 0 Å². The van der Waals surface area contributed by atoms with E-state index < -0.39 is 0 Å². The molecule has 0 spiro atoms. The Kier molecular flexibility index (Phi) is 3.06. The standard InChI is InChI=1S/C15H22N2/c1-2-16-14(12-7-8-12)11-17-10-9-13-5-3-4-6-15(13)17/h3-6,12,14,16H,2,7-11H2,1H3. The monoisotopic (exact) mass is 230 g/mol. The fourth-order valence-electron chi connectivity index (χ4n) is 2.97. The Labute approximate surface area is 104 Å². The second-order valence-electron chi connectivity index (χ2n) is 5.33. The topological polar surface area (TPSA) is 15.3 Å². The number of hydrogen-bond donors (Lipinski definition) is 1. The summed E-state index contributed by atoms with van der Waals surface area (Å²) in [5, 5.41) is 3.66. The summed E-state index contributed by atoms with van der Waals surface area (Å²) < 4.78 is 0. The summed E-state index contributed by atoms with van der Waals surface area (Å²) in [5.74, 6) is 0.933. The molecule has 92 valence electrons. The molecule has 1 aliphatic heterocycles. The molecule has 0 saturated heterocycles. The maximum Gasteiger partial charge on any atom is 0.0400 e. The molecule has 1 heterocycles. The van der Waals surface area contributed by atoms with Gasteiger partial charge in [-0.1, -0.05) is 25.1 Å². The minimum atomic E-state index is 0.700. The molecule has 0 radical (unpaired) electrons. The molecule has 0 amide bonds. The maximum atomic E-state index is 3.66. The summed E-state index contributed by atoms with van der Waals surface area (Å²) in [7, 11) is 0.